The Morgan fingerprint density at radius 1 is 1.64 bits per heavy atom. The molecule has 0 radical (unpaired) electrons. The van der Waals surface area contributed by atoms with Crippen molar-refractivity contribution in [1.82, 2.24) is 0 Å². The summed E-state index contributed by atoms with van der Waals surface area (Å²) in [4.78, 5) is 10.5. The second-order valence-corrected chi connectivity index (χ2v) is 4.10. The van der Waals surface area contributed by atoms with Gasteiger partial charge in [0.25, 0.3) is 0 Å². The van der Waals surface area contributed by atoms with Crippen LogP contribution in [0.5, 0.6) is 0 Å². The summed E-state index contributed by atoms with van der Waals surface area (Å²) in [6.07, 6.45) is -0.292. The molecule has 0 aliphatic heterocycles. The van der Waals surface area contributed by atoms with Gasteiger partial charge in [0.2, 0.25) is 0 Å². The minimum atomic E-state index is -2.07. The van der Waals surface area contributed by atoms with Crippen LogP contribution in [-0.4, -0.2) is 24.8 Å². The van der Waals surface area contributed by atoms with E-state index in [1.54, 1.807) is 6.92 Å². The van der Waals surface area contributed by atoms with Crippen molar-refractivity contribution in [2.24, 2.45) is 0 Å². The van der Waals surface area contributed by atoms with Crippen LogP contribution in [0.1, 0.15) is 20.3 Å². The maximum absolute atomic E-state index is 11.1. The fraction of sp³-hybridized carbons (Fsp3) is 0.750. The fourth-order valence-corrected chi connectivity index (χ4v) is 1.80. The van der Waals surface area contributed by atoms with E-state index in [0.717, 1.165) is 0 Å². The van der Waals surface area contributed by atoms with E-state index in [4.69, 9.17) is 9.79 Å². The quantitative estimate of drug-likeness (QED) is 0.497. The molecule has 0 amide bonds. The third kappa shape index (κ3) is 6.64. The number of ether oxygens (including phenoxy) is 1. The molecule has 0 aliphatic carbocycles. The van der Waals surface area contributed by atoms with Crippen molar-refractivity contribution in [2.45, 2.75) is 26.4 Å². The maximum atomic E-state index is 11.1. The van der Waals surface area contributed by atoms with Gasteiger partial charge in [0.1, 0.15) is 6.07 Å². The predicted molar refractivity (Wildman–Crippen MR) is 51.3 cm³/mol. The van der Waals surface area contributed by atoms with E-state index >= 15 is 0 Å². The Morgan fingerprint density at radius 2 is 2.29 bits per heavy atom. The average molecular weight is 219 g/mol. The van der Waals surface area contributed by atoms with Crippen molar-refractivity contribution in [3.63, 3.8) is 0 Å². The van der Waals surface area contributed by atoms with Crippen LogP contribution in [0.2, 0.25) is 0 Å². The van der Waals surface area contributed by atoms with Crippen molar-refractivity contribution in [3.05, 3.63) is 0 Å². The van der Waals surface area contributed by atoms with Crippen molar-refractivity contribution in [1.29, 1.82) is 5.26 Å². The van der Waals surface area contributed by atoms with Gasteiger partial charge in [-0.3, -0.25) is 9.36 Å². The highest BCUT2D eigenvalue weighted by Gasteiger charge is 2.12. The summed E-state index contributed by atoms with van der Waals surface area (Å²) in [7, 11) is -2.07. The van der Waals surface area contributed by atoms with E-state index in [1.807, 2.05) is 6.07 Å². The van der Waals surface area contributed by atoms with Crippen molar-refractivity contribution >= 4 is 14.0 Å². The molecule has 5 nitrogen and oxygen atoms in total. The Labute approximate surface area is 83.9 Å². The number of nitrogens with zero attached hydrogens (tertiary/aromatic N) is 1. The normalized spacial score (nSPS) is 14.1. The highest BCUT2D eigenvalue weighted by molar-refractivity contribution is 7.39. The summed E-state index contributed by atoms with van der Waals surface area (Å²) in [6, 6.07) is 1.81. The molecule has 80 valence electrons. The molecular formula is C8H14NO4P. The van der Waals surface area contributed by atoms with Gasteiger partial charge in [0, 0.05) is 19.5 Å². The molecule has 2 unspecified atom stereocenters. The van der Waals surface area contributed by atoms with E-state index in [-0.39, 0.29) is 12.6 Å². The van der Waals surface area contributed by atoms with Crippen LogP contribution < -0.4 is 0 Å². The monoisotopic (exact) mass is 219 g/mol. The van der Waals surface area contributed by atoms with Gasteiger partial charge >= 0.3 is 5.97 Å². The highest BCUT2D eigenvalue weighted by Crippen LogP contribution is 2.23. The third-order valence-electron chi connectivity index (χ3n) is 1.37. The summed E-state index contributed by atoms with van der Waals surface area (Å²) in [5.74, 6) is -0.507. The number of hydrogen-bond donors (Lipinski definition) is 0. The predicted octanol–water partition coefficient (Wildman–Crippen LogP) is 1.34. The van der Waals surface area contributed by atoms with Gasteiger partial charge in [-0.1, -0.05) is 0 Å². The van der Waals surface area contributed by atoms with Crippen LogP contribution >= 0.6 is 8.03 Å². The lowest BCUT2D eigenvalue weighted by Gasteiger charge is -2.08. The van der Waals surface area contributed by atoms with Gasteiger partial charge in [-0.05, 0) is 6.92 Å². The first kappa shape index (κ1) is 13.2. The molecule has 0 rings (SSSR count). The topological polar surface area (TPSA) is 76.4 Å². The van der Waals surface area contributed by atoms with Crippen LogP contribution in [0.25, 0.3) is 0 Å². The molecule has 0 saturated carbocycles. The molecule has 0 aromatic carbocycles. The molecule has 0 aromatic heterocycles. The van der Waals surface area contributed by atoms with Gasteiger partial charge in [-0.15, -0.1) is 0 Å². The van der Waals surface area contributed by atoms with Gasteiger partial charge < -0.3 is 9.26 Å². The van der Waals surface area contributed by atoms with Crippen molar-refractivity contribution in [2.75, 3.05) is 12.8 Å². The molecule has 2 atom stereocenters. The SMILES string of the molecule is CCO[PH](=O)CCC(C#N)OC(C)=O. The molecule has 0 N–H and O–H groups in total. The van der Waals surface area contributed by atoms with Crippen LogP contribution in [0.4, 0.5) is 0 Å². The van der Waals surface area contributed by atoms with E-state index in [0.29, 0.717) is 6.61 Å². The number of nitriles is 1. The van der Waals surface area contributed by atoms with Gasteiger partial charge in [0.05, 0.1) is 6.61 Å². The Balaban J connectivity index is 3.79. The van der Waals surface area contributed by atoms with E-state index in [2.05, 4.69) is 4.74 Å². The number of esters is 1. The molecule has 6 heteroatoms. The Hall–Kier alpha value is -0.850. The van der Waals surface area contributed by atoms with Crippen LogP contribution in [-0.2, 0) is 18.6 Å². The number of rotatable bonds is 6. The smallest absolute Gasteiger partial charge is 0.303 e. The molecule has 0 bridgehead atoms. The van der Waals surface area contributed by atoms with Crippen molar-refractivity contribution < 1.29 is 18.6 Å². The summed E-state index contributed by atoms with van der Waals surface area (Å²) in [5, 5.41) is 8.56. The zero-order chi connectivity index (χ0) is 11.0. The molecule has 0 fully saturated rings. The second-order valence-electron chi connectivity index (χ2n) is 2.57. The second kappa shape index (κ2) is 7.54. The molecule has 0 saturated heterocycles. The first-order valence-corrected chi connectivity index (χ1v) is 5.85. The van der Waals surface area contributed by atoms with Crippen LogP contribution in [0, 0.1) is 11.3 Å². The summed E-state index contributed by atoms with van der Waals surface area (Å²) >= 11 is 0. The van der Waals surface area contributed by atoms with Crippen LogP contribution in [0.3, 0.4) is 0 Å². The lowest BCUT2D eigenvalue weighted by molar-refractivity contribution is -0.143. The van der Waals surface area contributed by atoms with Gasteiger partial charge in [-0.25, -0.2) is 0 Å². The van der Waals surface area contributed by atoms with Crippen molar-refractivity contribution in [3.8, 4) is 6.07 Å². The van der Waals surface area contributed by atoms with Gasteiger partial charge in [0.15, 0.2) is 14.1 Å². The molecule has 0 spiro atoms. The maximum Gasteiger partial charge on any atom is 0.303 e. The summed E-state index contributed by atoms with van der Waals surface area (Å²) in [5.41, 5.74) is 0. The summed E-state index contributed by atoms with van der Waals surface area (Å²) < 4.78 is 20.6. The number of carbonyl (C=O) groups excluding carboxylic acids is 1. The molecule has 0 aromatic rings. The first-order chi connectivity index (χ1) is 6.60. The van der Waals surface area contributed by atoms with Gasteiger partial charge in [-0.2, -0.15) is 5.26 Å². The highest BCUT2D eigenvalue weighted by atomic mass is 31.1. The third-order valence-corrected chi connectivity index (χ3v) is 2.68. The first-order valence-electron chi connectivity index (χ1n) is 4.32. The molecular weight excluding hydrogens is 205 g/mol. The van der Waals surface area contributed by atoms with Crippen LogP contribution in [0.15, 0.2) is 0 Å². The Bertz CT molecular complexity index is 248. The number of hydrogen-bond acceptors (Lipinski definition) is 5. The van der Waals surface area contributed by atoms with E-state index in [9.17, 15) is 9.36 Å². The minimum absolute atomic E-state index is 0.258. The average Bonchev–Trinajstić information content (AvgIpc) is 2.12. The fourth-order valence-electron chi connectivity index (χ4n) is 0.832. The Morgan fingerprint density at radius 3 is 2.71 bits per heavy atom. The summed E-state index contributed by atoms with van der Waals surface area (Å²) in [6.45, 7) is 3.37. The lowest BCUT2D eigenvalue weighted by Crippen LogP contribution is -2.14. The van der Waals surface area contributed by atoms with E-state index in [1.165, 1.54) is 6.92 Å². The Kier molecular flexibility index (Phi) is 7.09. The van der Waals surface area contributed by atoms with E-state index < -0.39 is 20.1 Å². The zero-order valence-electron chi connectivity index (χ0n) is 8.28. The minimum Gasteiger partial charge on any atom is -0.447 e. The zero-order valence-corrected chi connectivity index (χ0v) is 9.28. The lowest BCUT2D eigenvalue weighted by atomic mass is 10.3. The molecule has 0 aliphatic rings. The largest absolute Gasteiger partial charge is 0.447 e. The molecule has 0 heterocycles. The molecule has 14 heavy (non-hydrogen) atoms. The standard InChI is InChI=1S/C8H14NO4P/c1-3-12-14(11)5-4-8(6-9)13-7(2)10/h8,14H,3-5H2,1-2H3. The number of carbonyl (C=O) groups is 1.